The first-order chi connectivity index (χ1) is 16.2. The number of ether oxygens (including phenoxy) is 3. The number of fused-ring (bicyclic) bond motifs is 3. The molecule has 1 aliphatic heterocycles. The molecule has 0 spiro atoms. The predicted molar refractivity (Wildman–Crippen MR) is 130 cm³/mol. The molecule has 1 atom stereocenters. The Morgan fingerprint density at radius 1 is 1.06 bits per heavy atom. The molecule has 0 radical (unpaired) electrons. The van der Waals surface area contributed by atoms with Crippen molar-refractivity contribution in [3.05, 3.63) is 59.7 Å². The summed E-state index contributed by atoms with van der Waals surface area (Å²) in [5, 5.41) is 2.91. The highest BCUT2D eigenvalue weighted by atomic mass is 16.6. The average Bonchev–Trinajstić information content (AvgIpc) is 3.36. The van der Waals surface area contributed by atoms with E-state index in [9.17, 15) is 9.59 Å². The fraction of sp³-hybridized carbons (Fsp3) is 0.481. The van der Waals surface area contributed by atoms with E-state index in [-0.39, 0.29) is 24.0 Å². The van der Waals surface area contributed by atoms with Crippen molar-refractivity contribution >= 4 is 12.2 Å². The Kier molecular flexibility index (Phi) is 6.84. The van der Waals surface area contributed by atoms with Gasteiger partial charge in [0.05, 0.1) is 6.61 Å². The molecule has 34 heavy (non-hydrogen) atoms. The summed E-state index contributed by atoms with van der Waals surface area (Å²) in [5.74, 6) is 0.0141. The van der Waals surface area contributed by atoms with E-state index < -0.39 is 11.7 Å². The van der Waals surface area contributed by atoms with Crippen LogP contribution in [-0.4, -0.2) is 62.6 Å². The highest BCUT2D eigenvalue weighted by Gasteiger charge is 2.42. The summed E-state index contributed by atoms with van der Waals surface area (Å²) in [6, 6.07) is 16.5. The van der Waals surface area contributed by atoms with Gasteiger partial charge in [-0.25, -0.2) is 9.59 Å². The molecule has 2 amide bonds. The van der Waals surface area contributed by atoms with E-state index in [0.717, 1.165) is 0 Å². The van der Waals surface area contributed by atoms with Crippen LogP contribution >= 0.6 is 0 Å². The van der Waals surface area contributed by atoms with Gasteiger partial charge in [0.25, 0.3) is 0 Å². The van der Waals surface area contributed by atoms with Crippen molar-refractivity contribution in [2.75, 3.05) is 40.0 Å². The van der Waals surface area contributed by atoms with Crippen LogP contribution < -0.4 is 5.32 Å². The van der Waals surface area contributed by atoms with Crippen molar-refractivity contribution in [3.63, 3.8) is 0 Å². The van der Waals surface area contributed by atoms with Gasteiger partial charge in [-0.1, -0.05) is 48.5 Å². The summed E-state index contributed by atoms with van der Waals surface area (Å²) in [5.41, 5.74) is 3.81. The Balaban J connectivity index is 1.35. The quantitative estimate of drug-likeness (QED) is 0.662. The number of nitrogens with zero attached hydrogens (tertiary/aromatic N) is 1. The van der Waals surface area contributed by atoms with Gasteiger partial charge in [0, 0.05) is 38.1 Å². The molecule has 0 bridgehead atoms. The van der Waals surface area contributed by atoms with Crippen LogP contribution in [0.25, 0.3) is 11.1 Å². The van der Waals surface area contributed by atoms with Crippen LogP contribution in [0, 0.1) is 5.41 Å². The number of amides is 2. The first kappa shape index (κ1) is 24.1. The second kappa shape index (κ2) is 9.66. The third-order valence-corrected chi connectivity index (χ3v) is 6.49. The minimum atomic E-state index is -0.552. The second-order valence-corrected chi connectivity index (χ2v) is 10.3. The molecule has 4 rings (SSSR count). The van der Waals surface area contributed by atoms with Gasteiger partial charge in [-0.3, -0.25) is 0 Å². The molecule has 2 aromatic rings. The number of rotatable bonds is 6. The SMILES string of the molecule is COC[C@]1(CNC(=O)OCC2c3ccccc3-c3ccccc32)CCN(C(=O)OC(C)(C)C)C1. The third kappa shape index (κ3) is 5.20. The maximum absolute atomic E-state index is 12.7. The van der Waals surface area contributed by atoms with Crippen molar-refractivity contribution in [2.45, 2.75) is 38.7 Å². The number of alkyl carbamates (subject to hydrolysis) is 1. The lowest BCUT2D eigenvalue weighted by Gasteiger charge is -2.29. The molecular weight excluding hydrogens is 432 g/mol. The Morgan fingerprint density at radius 2 is 1.68 bits per heavy atom. The average molecular weight is 467 g/mol. The molecule has 7 nitrogen and oxygen atoms in total. The van der Waals surface area contributed by atoms with Gasteiger partial charge in [0.1, 0.15) is 12.2 Å². The predicted octanol–water partition coefficient (Wildman–Crippen LogP) is 4.80. The standard InChI is InChI=1S/C27H34N2O5/c1-26(2,3)34-25(31)29-14-13-27(17-29,18-32-4)16-28-24(30)33-15-23-21-11-7-5-9-19(21)20-10-6-8-12-22(20)23/h5-12,23H,13-18H2,1-4H3,(H,28,30)/t27-/m0/s1. The molecule has 2 aromatic carbocycles. The Labute approximate surface area is 201 Å². The van der Waals surface area contributed by atoms with Crippen LogP contribution in [0.4, 0.5) is 9.59 Å². The molecule has 182 valence electrons. The van der Waals surface area contributed by atoms with E-state index in [0.29, 0.717) is 32.7 Å². The van der Waals surface area contributed by atoms with E-state index in [1.807, 2.05) is 45.0 Å². The van der Waals surface area contributed by atoms with Crippen LogP contribution in [0.5, 0.6) is 0 Å². The molecule has 1 heterocycles. The maximum atomic E-state index is 12.7. The van der Waals surface area contributed by atoms with Crippen molar-refractivity contribution in [3.8, 4) is 11.1 Å². The molecule has 1 N–H and O–H groups in total. The normalized spacial score (nSPS) is 19.5. The Bertz CT molecular complexity index is 1000. The largest absolute Gasteiger partial charge is 0.449 e. The zero-order chi connectivity index (χ0) is 24.3. The number of hydrogen-bond donors (Lipinski definition) is 1. The zero-order valence-electron chi connectivity index (χ0n) is 20.4. The third-order valence-electron chi connectivity index (χ3n) is 6.49. The highest BCUT2D eigenvalue weighted by Crippen LogP contribution is 2.44. The zero-order valence-corrected chi connectivity index (χ0v) is 20.4. The monoisotopic (exact) mass is 466 g/mol. The number of hydrogen-bond acceptors (Lipinski definition) is 5. The first-order valence-corrected chi connectivity index (χ1v) is 11.8. The summed E-state index contributed by atoms with van der Waals surface area (Å²) >= 11 is 0. The Morgan fingerprint density at radius 3 is 2.26 bits per heavy atom. The fourth-order valence-electron chi connectivity index (χ4n) is 4.95. The lowest BCUT2D eigenvalue weighted by atomic mass is 9.88. The van der Waals surface area contributed by atoms with Crippen LogP contribution in [-0.2, 0) is 14.2 Å². The summed E-state index contributed by atoms with van der Waals surface area (Å²) in [6.07, 6.45) is -0.0938. The fourth-order valence-corrected chi connectivity index (χ4v) is 4.95. The van der Waals surface area contributed by atoms with Crippen LogP contribution in [0.15, 0.2) is 48.5 Å². The van der Waals surface area contributed by atoms with E-state index >= 15 is 0 Å². The number of carbonyl (C=O) groups excluding carboxylic acids is 2. The van der Waals surface area contributed by atoms with Gasteiger partial charge in [0.15, 0.2) is 0 Å². The topological polar surface area (TPSA) is 77.1 Å². The number of methoxy groups -OCH3 is 1. The van der Waals surface area contributed by atoms with Gasteiger partial charge < -0.3 is 24.4 Å². The van der Waals surface area contributed by atoms with Crippen LogP contribution in [0.2, 0.25) is 0 Å². The minimum absolute atomic E-state index is 0.0141. The number of likely N-dealkylation sites (tertiary alicyclic amines) is 1. The lowest BCUT2D eigenvalue weighted by molar-refractivity contribution is 0.0237. The van der Waals surface area contributed by atoms with E-state index in [2.05, 4.69) is 29.6 Å². The second-order valence-electron chi connectivity index (χ2n) is 10.3. The minimum Gasteiger partial charge on any atom is -0.449 e. The van der Waals surface area contributed by atoms with Crippen LogP contribution in [0.1, 0.15) is 44.2 Å². The van der Waals surface area contributed by atoms with E-state index in [4.69, 9.17) is 14.2 Å². The molecule has 2 aliphatic rings. The summed E-state index contributed by atoms with van der Waals surface area (Å²) < 4.78 is 16.6. The number of nitrogens with one attached hydrogen (secondary N) is 1. The van der Waals surface area contributed by atoms with Crippen LogP contribution in [0.3, 0.4) is 0 Å². The molecule has 1 fully saturated rings. The van der Waals surface area contributed by atoms with Crippen molar-refractivity contribution in [2.24, 2.45) is 5.41 Å². The van der Waals surface area contributed by atoms with Gasteiger partial charge in [-0.15, -0.1) is 0 Å². The molecular formula is C27H34N2O5. The molecule has 0 unspecified atom stereocenters. The Hall–Kier alpha value is -3.06. The van der Waals surface area contributed by atoms with E-state index in [1.165, 1.54) is 22.3 Å². The van der Waals surface area contributed by atoms with Gasteiger partial charge in [0.2, 0.25) is 0 Å². The smallest absolute Gasteiger partial charge is 0.410 e. The molecule has 0 aromatic heterocycles. The molecule has 0 saturated carbocycles. The highest BCUT2D eigenvalue weighted by molar-refractivity contribution is 5.79. The van der Waals surface area contributed by atoms with Gasteiger partial charge in [-0.2, -0.15) is 0 Å². The van der Waals surface area contributed by atoms with Crippen molar-refractivity contribution < 1.29 is 23.8 Å². The maximum Gasteiger partial charge on any atom is 0.410 e. The van der Waals surface area contributed by atoms with Crippen molar-refractivity contribution in [1.82, 2.24) is 10.2 Å². The summed E-state index contributed by atoms with van der Waals surface area (Å²) in [7, 11) is 1.63. The number of carbonyl (C=O) groups is 2. The summed E-state index contributed by atoms with van der Waals surface area (Å²) in [6.45, 7) is 7.62. The molecule has 1 saturated heterocycles. The molecule has 1 aliphatic carbocycles. The molecule has 7 heteroatoms. The van der Waals surface area contributed by atoms with E-state index in [1.54, 1.807) is 12.0 Å². The van der Waals surface area contributed by atoms with Crippen molar-refractivity contribution in [1.29, 1.82) is 0 Å². The number of benzene rings is 2. The summed E-state index contributed by atoms with van der Waals surface area (Å²) in [4.78, 5) is 26.8. The lowest BCUT2D eigenvalue weighted by Crippen LogP contribution is -2.44. The van der Waals surface area contributed by atoms with Gasteiger partial charge >= 0.3 is 12.2 Å². The van der Waals surface area contributed by atoms with Gasteiger partial charge in [-0.05, 0) is 49.4 Å². The first-order valence-electron chi connectivity index (χ1n) is 11.8.